The van der Waals surface area contributed by atoms with E-state index in [2.05, 4.69) is 6.07 Å². The van der Waals surface area contributed by atoms with Gasteiger partial charge in [0.1, 0.15) is 0 Å². The Morgan fingerprint density at radius 3 is 2.33 bits per heavy atom. The fourth-order valence-electron chi connectivity index (χ4n) is 1.77. The van der Waals surface area contributed by atoms with E-state index in [-0.39, 0.29) is 38.8 Å². The second kappa shape index (κ2) is 5.74. The number of hydrogen-bond donors (Lipinski definition) is 0. The Hall–Kier alpha value is -1.03. The maximum absolute atomic E-state index is 11.9. The summed E-state index contributed by atoms with van der Waals surface area (Å²) in [5, 5.41) is 0.812. The van der Waals surface area contributed by atoms with E-state index in [1.54, 1.807) is 0 Å². The van der Waals surface area contributed by atoms with E-state index in [4.69, 9.17) is 0 Å². The zero-order valence-electron chi connectivity index (χ0n) is 10.0. The smallest absolute Gasteiger partial charge is 1.00 e. The summed E-state index contributed by atoms with van der Waals surface area (Å²) in [6.45, 7) is 0. The average molecular weight is 291 g/mol. The zero-order chi connectivity index (χ0) is 11.7. The van der Waals surface area contributed by atoms with Gasteiger partial charge in [0.05, 0.1) is 0 Å². The molecule has 0 unspecified atom stereocenters. The predicted molar refractivity (Wildman–Crippen MR) is 71.4 cm³/mol. The van der Waals surface area contributed by atoms with Crippen molar-refractivity contribution in [3.05, 3.63) is 70.9 Å². The molecule has 0 aliphatic heterocycles. The van der Waals surface area contributed by atoms with E-state index in [0.29, 0.717) is 0 Å². The molecule has 0 aliphatic carbocycles. The molecule has 1 aromatic heterocycles. The Bertz CT molecular complexity index is 719. The fourth-order valence-corrected chi connectivity index (χ4v) is 3.94. The second-order valence-corrected chi connectivity index (χ2v) is 5.96. The minimum absolute atomic E-state index is 0. The van der Waals surface area contributed by atoms with Crippen LogP contribution in [-0.2, 0) is 0 Å². The van der Waals surface area contributed by atoms with E-state index < -0.39 is 0 Å². The first-order chi connectivity index (χ1) is 8.34. The molecule has 2 aromatic carbocycles. The van der Waals surface area contributed by atoms with Crippen molar-refractivity contribution in [3.63, 3.8) is 0 Å². The van der Waals surface area contributed by atoms with E-state index in [9.17, 15) is 4.79 Å². The molecule has 0 atom stereocenters. The van der Waals surface area contributed by atoms with Crippen molar-refractivity contribution in [1.29, 1.82) is 0 Å². The molecule has 0 fully saturated rings. The van der Waals surface area contributed by atoms with Crippen LogP contribution >= 0.6 is 0 Å². The van der Waals surface area contributed by atoms with E-state index in [1.165, 1.54) is 0 Å². The quantitative estimate of drug-likeness (QED) is 0.445. The van der Waals surface area contributed by atoms with Gasteiger partial charge in [-0.15, -0.1) is 0 Å². The Balaban J connectivity index is 0.00000120. The van der Waals surface area contributed by atoms with Crippen LogP contribution in [0.15, 0.2) is 59.4 Å². The van der Waals surface area contributed by atoms with Crippen LogP contribution in [0.4, 0.5) is 0 Å². The van der Waals surface area contributed by atoms with Crippen molar-refractivity contribution in [2.75, 3.05) is 0 Å². The van der Waals surface area contributed by atoms with Gasteiger partial charge in [-0.25, -0.2) is 0 Å². The van der Waals surface area contributed by atoms with Gasteiger partial charge in [-0.3, -0.25) is 0 Å². The first kappa shape index (κ1) is 13.4. The Labute approximate surface area is 123 Å². The van der Waals surface area contributed by atoms with Crippen molar-refractivity contribution < 1.29 is 18.9 Å². The van der Waals surface area contributed by atoms with Crippen molar-refractivity contribution in [3.8, 4) is 10.0 Å². The van der Waals surface area contributed by atoms with Crippen LogP contribution in [0.2, 0.25) is 0 Å². The molecule has 18 heavy (non-hydrogen) atoms. The van der Waals surface area contributed by atoms with E-state index in [1.807, 2.05) is 54.6 Å². The average Bonchev–Trinajstić information content (AvgIpc) is 2.40. The predicted octanol–water partition coefficient (Wildman–Crippen LogP) is -0.272. The molecule has 3 aromatic rings. The molecule has 0 aliphatic rings. The van der Waals surface area contributed by atoms with Crippen LogP contribution in [0.1, 0.15) is 0 Å². The van der Waals surface area contributed by atoms with Crippen LogP contribution in [0, 0.1) is 6.07 Å². The number of benzene rings is 2. The molecule has 0 amide bonds. The number of hydrogen-bond acceptors (Lipinski definition) is 1. The second-order valence-electron chi connectivity index (χ2n) is 3.75. The third-order valence-corrected chi connectivity index (χ3v) is 4.95. The minimum atomic E-state index is 0. The summed E-state index contributed by atoms with van der Waals surface area (Å²) in [4.78, 5) is 11.9. The molecule has 0 N–H and O–H groups in total. The van der Waals surface area contributed by atoms with Crippen molar-refractivity contribution in [2.45, 2.75) is 0 Å². The third kappa shape index (κ3) is 2.53. The topological polar surface area (TPSA) is 17.1 Å². The van der Waals surface area contributed by atoms with Gasteiger partial charge in [0.25, 0.3) is 0 Å². The van der Waals surface area contributed by atoms with Crippen molar-refractivity contribution in [2.24, 2.45) is 0 Å². The summed E-state index contributed by atoms with van der Waals surface area (Å²) in [5.41, 5.74) is 1.11. The SMILES string of the molecule is O=c1[c-]c(-c2ccccc2)[se]c2ccccc12.[Li+]. The molecule has 0 saturated carbocycles. The Morgan fingerprint density at radius 1 is 0.889 bits per heavy atom. The monoisotopic (exact) mass is 292 g/mol. The molecular weight excluding hydrogens is 282 g/mol. The van der Waals surface area contributed by atoms with Crippen LogP contribution < -0.4 is 24.3 Å². The van der Waals surface area contributed by atoms with Gasteiger partial charge in [-0.1, -0.05) is 0 Å². The van der Waals surface area contributed by atoms with Gasteiger partial charge in [0.15, 0.2) is 0 Å². The third-order valence-electron chi connectivity index (χ3n) is 2.61. The summed E-state index contributed by atoms with van der Waals surface area (Å²) in [5.74, 6) is 0. The zero-order valence-corrected chi connectivity index (χ0v) is 11.7. The Kier molecular flexibility index (Phi) is 4.27. The summed E-state index contributed by atoms with van der Waals surface area (Å²) in [6, 6.07) is 20.8. The summed E-state index contributed by atoms with van der Waals surface area (Å²) >= 11 is 0.172. The fraction of sp³-hybridized carbons (Fsp3) is 0. The summed E-state index contributed by atoms with van der Waals surface area (Å²) in [7, 11) is 0. The molecule has 82 valence electrons. The van der Waals surface area contributed by atoms with E-state index >= 15 is 0 Å². The van der Waals surface area contributed by atoms with Crippen LogP contribution in [0.5, 0.6) is 0 Å². The molecule has 3 rings (SSSR count). The van der Waals surface area contributed by atoms with E-state index in [0.717, 1.165) is 19.6 Å². The molecule has 0 radical (unpaired) electrons. The van der Waals surface area contributed by atoms with Gasteiger partial charge in [0, 0.05) is 0 Å². The maximum atomic E-state index is 11.9. The first-order valence-corrected chi connectivity index (χ1v) is 7.06. The minimum Gasteiger partial charge on any atom is 1.00 e. The summed E-state index contributed by atoms with van der Waals surface area (Å²) < 4.78 is 2.20. The van der Waals surface area contributed by atoms with Crippen LogP contribution in [0.25, 0.3) is 19.6 Å². The van der Waals surface area contributed by atoms with Crippen molar-refractivity contribution in [1.82, 2.24) is 0 Å². The Morgan fingerprint density at radius 2 is 1.56 bits per heavy atom. The molecule has 0 spiro atoms. The normalized spacial score (nSPS) is 10.0. The van der Waals surface area contributed by atoms with Gasteiger partial charge in [-0.05, 0) is 0 Å². The maximum Gasteiger partial charge on any atom is 1.00 e. The van der Waals surface area contributed by atoms with Crippen LogP contribution in [-0.4, -0.2) is 14.5 Å². The molecule has 1 heterocycles. The van der Waals surface area contributed by atoms with Gasteiger partial charge in [0.2, 0.25) is 0 Å². The van der Waals surface area contributed by atoms with Gasteiger partial charge in [-0.2, -0.15) is 0 Å². The molecular formula is C15H9LiOSe. The molecule has 1 nitrogen and oxygen atoms in total. The number of rotatable bonds is 1. The molecule has 0 saturated heterocycles. The van der Waals surface area contributed by atoms with Crippen molar-refractivity contribution >= 4 is 24.1 Å². The van der Waals surface area contributed by atoms with Gasteiger partial charge >= 0.3 is 124 Å². The van der Waals surface area contributed by atoms with Gasteiger partial charge < -0.3 is 0 Å². The largest absolute Gasteiger partial charge is 1.00 e. The summed E-state index contributed by atoms with van der Waals surface area (Å²) in [6.07, 6.45) is 0. The first-order valence-electron chi connectivity index (χ1n) is 5.35. The van der Waals surface area contributed by atoms with Crippen LogP contribution in [0.3, 0.4) is 0 Å². The molecule has 0 bridgehead atoms. The molecule has 3 heteroatoms. The number of fused-ring (bicyclic) bond motifs is 1. The standard InChI is InChI=1S/C15H9OSe.Li/c16-13-10-15(11-6-2-1-3-7-11)17-14-9-5-4-8-12(13)14;/h1-9H;/q-1;+1.